The van der Waals surface area contributed by atoms with Gasteiger partial charge in [-0.15, -0.1) is 11.3 Å². The first-order chi connectivity index (χ1) is 15.9. The number of nitrogens with one attached hydrogen (secondary N) is 1. The lowest BCUT2D eigenvalue weighted by atomic mass is 9.95. The molecule has 4 rings (SSSR count). The van der Waals surface area contributed by atoms with Crippen molar-refractivity contribution in [3.8, 4) is 5.75 Å². The lowest BCUT2D eigenvalue weighted by molar-refractivity contribution is 0.0601. The summed E-state index contributed by atoms with van der Waals surface area (Å²) in [7, 11) is -0.974. The van der Waals surface area contributed by atoms with Crippen LogP contribution in [-0.2, 0) is 27.6 Å². The van der Waals surface area contributed by atoms with Crippen molar-refractivity contribution in [2.45, 2.75) is 49.8 Å². The number of fused-ring (bicyclic) bond motifs is 1. The third-order valence-electron chi connectivity index (χ3n) is 6.16. The van der Waals surface area contributed by atoms with Crippen molar-refractivity contribution in [1.29, 1.82) is 0 Å². The summed E-state index contributed by atoms with van der Waals surface area (Å²) >= 11 is 1.37. The van der Waals surface area contributed by atoms with E-state index in [0.717, 1.165) is 55.4 Å². The first-order valence-electron chi connectivity index (χ1n) is 11.1. The van der Waals surface area contributed by atoms with Gasteiger partial charge in [0.25, 0.3) is 5.91 Å². The summed E-state index contributed by atoms with van der Waals surface area (Å²) in [6.07, 6.45) is 6.28. The average molecular weight is 493 g/mol. The molecule has 0 unspecified atom stereocenters. The SMILES string of the molecule is COC(=O)c1c(NC(=O)c2cc(S(=O)(=O)N3CCCCC3)ccc2OC)sc2c1CCCC2. The molecule has 0 spiro atoms. The van der Waals surface area contributed by atoms with E-state index < -0.39 is 21.9 Å². The molecule has 2 aromatic rings. The van der Waals surface area contributed by atoms with Crippen LogP contribution in [-0.4, -0.2) is 51.9 Å². The molecular weight excluding hydrogens is 464 g/mol. The fourth-order valence-corrected chi connectivity index (χ4v) is 7.24. The number of ether oxygens (including phenoxy) is 2. The van der Waals surface area contributed by atoms with Crippen molar-refractivity contribution in [2.24, 2.45) is 0 Å². The van der Waals surface area contributed by atoms with Crippen molar-refractivity contribution >= 4 is 38.2 Å². The Morgan fingerprint density at radius 1 is 1.03 bits per heavy atom. The zero-order chi connectivity index (χ0) is 23.6. The Kier molecular flexibility index (Phi) is 7.06. The van der Waals surface area contributed by atoms with Gasteiger partial charge in [-0.25, -0.2) is 13.2 Å². The maximum Gasteiger partial charge on any atom is 0.341 e. The predicted molar refractivity (Wildman–Crippen MR) is 126 cm³/mol. The highest BCUT2D eigenvalue weighted by atomic mass is 32.2. The van der Waals surface area contributed by atoms with E-state index in [0.29, 0.717) is 23.7 Å². The monoisotopic (exact) mass is 492 g/mol. The molecule has 178 valence electrons. The molecule has 8 nitrogen and oxygen atoms in total. The number of carbonyl (C=O) groups excluding carboxylic acids is 2. The minimum absolute atomic E-state index is 0.0500. The van der Waals surface area contributed by atoms with Crippen molar-refractivity contribution in [3.63, 3.8) is 0 Å². The number of carbonyl (C=O) groups is 2. The number of hydrogen-bond acceptors (Lipinski definition) is 7. The second-order valence-corrected chi connectivity index (χ2v) is 11.2. The molecule has 1 saturated heterocycles. The number of sulfonamides is 1. The average Bonchev–Trinajstić information content (AvgIpc) is 3.21. The van der Waals surface area contributed by atoms with Crippen LogP contribution in [0.15, 0.2) is 23.1 Å². The number of aryl methyl sites for hydroxylation is 1. The molecule has 1 aliphatic carbocycles. The standard InChI is InChI=1S/C23H28N2O6S2/c1-30-18-11-10-15(33(28,29)25-12-6-3-7-13-25)14-17(18)21(26)24-22-20(23(27)31-2)16-8-4-5-9-19(16)32-22/h10-11,14H,3-9,12-13H2,1-2H3,(H,24,26). The molecule has 0 radical (unpaired) electrons. The first kappa shape index (κ1) is 23.7. The quantitative estimate of drug-likeness (QED) is 0.615. The van der Waals surface area contributed by atoms with Gasteiger partial charge in [0, 0.05) is 18.0 Å². The van der Waals surface area contributed by atoms with E-state index in [1.165, 1.54) is 48.1 Å². The normalized spacial score (nSPS) is 16.7. The Morgan fingerprint density at radius 3 is 2.45 bits per heavy atom. The van der Waals surface area contributed by atoms with Crippen molar-refractivity contribution in [3.05, 3.63) is 39.8 Å². The highest BCUT2D eigenvalue weighted by Gasteiger charge is 2.30. The van der Waals surface area contributed by atoms with Crippen LogP contribution in [0.4, 0.5) is 5.00 Å². The predicted octanol–water partition coefficient (Wildman–Crippen LogP) is 3.85. The van der Waals surface area contributed by atoms with E-state index in [1.807, 2.05) is 0 Å². The topological polar surface area (TPSA) is 102 Å². The number of thiophene rings is 1. The van der Waals surface area contributed by atoms with Gasteiger partial charge < -0.3 is 14.8 Å². The summed E-state index contributed by atoms with van der Waals surface area (Å²) in [4.78, 5) is 26.9. The van der Waals surface area contributed by atoms with E-state index in [-0.39, 0.29) is 16.2 Å². The van der Waals surface area contributed by atoms with Gasteiger partial charge in [0.2, 0.25) is 10.0 Å². The van der Waals surface area contributed by atoms with Crippen molar-refractivity contribution < 1.29 is 27.5 Å². The third kappa shape index (κ3) is 4.64. The number of rotatable bonds is 6. The second-order valence-electron chi connectivity index (χ2n) is 8.19. The summed E-state index contributed by atoms with van der Waals surface area (Å²) in [5.74, 6) is -0.768. The van der Waals surface area contributed by atoms with Crippen molar-refractivity contribution in [1.82, 2.24) is 4.31 Å². The molecular formula is C23H28N2O6S2. The largest absolute Gasteiger partial charge is 0.496 e. The lowest BCUT2D eigenvalue weighted by Gasteiger charge is -2.26. The van der Waals surface area contributed by atoms with Crippen LogP contribution in [0.1, 0.15) is 63.3 Å². The molecule has 1 aliphatic heterocycles. The molecule has 0 atom stereocenters. The number of methoxy groups -OCH3 is 2. The molecule has 10 heteroatoms. The Balaban J connectivity index is 1.68. The van der Waals surface area contributed by atoms with Gasteiger partial charge in [-0.3, -0.25) is 4.79 Å². The maximum atomic E-state index is 13.3. The fraction of sp³-hybridized carbons (Fsp3) is 0.478. The number of anilines is 1. The van der Waals surface area contributed by atoms with E-state index >= 15 is 0 Å². The van der Waals surface area contributed by atoms with Crippen LogP contribution in [0.25, 0.3) is 0 Å². The highest BCUT2D eigenvalue weighted by Crippen LogP contribution is 2.39. The van der Waals surface area contributed by atoms with Gasteiger partial charge in [0.1, 0.15) is 10.8 Å². The maximum absolute atomic E-state index is 13.3. The first-order valence-corrected chi connectivity index (χ1v) is 13.3. The molecule has 1 N–H and O–H groups in total. The summed E-state index contributed by atoms with van der Waals surface area (Å²) in [6, 6.07) is 4.30. The molecule has 33 heavy (non-hydrogen) atoms. The molecule has 0 bridgehead atoms. The van der Waals surface area contributed by atoms with Gasteiger partial charge in [0.15, 0.2) is 0 Å². The van der Waals surface area contributed by atoms with Crippen LogP contribution in [0.5, 0.6) is 5.75 Å². The Labute approximate surface area is 197 Å². The molecule has 1 aromatic carbocycles. The molecule has 2 aliphatic rings. The summed E-state index contributed by atoms with van der Waals surface area (Å²) in [5.41, 5.74) is 1.42. The number of esters is 1. The number of amides is 1. The number of hydrogen-bond donors (Lipinski definition) is 1. The minimum Gasteiger partial charge on any atom is -0.496 e. The number of benzene rings is 1. The van der Waals surface area contributed by atoms with Crippen LogP contribution in [0.3, 0.4) is 0 Å². The summed E-state index contributed by atoms with van der Waals surface area (Å²) in [5, 5.41) is 3.24. The summed E-state index contributed by atoms with van der Waals surface area (Å²) in [6.45, 7) is 0.943. The number of piperidine rings is 1. The van der Waals surface area contributed by atoms with Crippen molar-refractivity contribution in [2.75, 3.05) is 32.6 Å². The van der Waals surface area contributed by atoms with Gasteiger partial charge in [-0.1, -0.05) is 6.42 Å². The highest BCUT2D eigenvalue weighted by molar-refractivity contribution is 7.89. The van der Waals surface area contributed by atoms with Gasteiger partial charge in [-0.05, 0) is 62.3 Å². The minimum atomic E-state index is -3.72. The van der Waals surface area contributed by atoms with Crippen LogP contribution in [0, 0.1) is 0 Å². The van der Waals surface area contributed by atoms with Crippen LogP contribution < -0.4 is 10.1 Å². The molecule has 0 saturated carbocycles. The van der Waals surface area contributed by atoms with Gasteiger partial charge in [0.05, 0.1) is 30.2 Å². The van der Waals surface area contributed by atoms with E-state index in [1.54, 1.807) is 0 Å². The Hall–Kier alpha value is -2.43. The number of nitrogens with zero attached hydrogens (tertiary/aromatic N) is 1. The summed E-state index contributed by atoms with van der Waals surface area (Å²) < 4.78 is 38.0. The van der Waals surface area contributed by atoms with E-state index in [2.05, 4.69) is 5.32 Å². The fourth-order valence-electron chi connectivity index (χ4n) is 4.42. The van der Waals surface area contributed by atoms with Crippen LogP contribution in [0.2, 0.25) is 0 Å². The van der Waals surface area contributed by atoms with Gasteiger partial charge in [-0.2, -0.15) is 4.31 Å². The lowest BCUT2D eigenvalue weighted by Crippen LogP contribution is -2.35. The molecule has 1 fully saturated rings. The third-order valence-corrected chi connectivity index (χ3v) is 9.26. The smallest absolute Gasteiger partial charge is 0.341 e. The second kappa shape index (κ2) is 9.82. The molecule has 1 aromatic heterocycles. The Bertz CT molecular complexity index is 1170. The molecule has 1 amide bonds. The Morgan fingerprint density at radius 2 is 1.76 bits per heavy atom. The molecule has 2 heterocycles. The van der Waals surface area contributed by atoms with Gasteiger partial charge >= 0.3 is 5.97 Å². The zero-order valence-corrected chi connectivity index (χ0v) is 20.4. The van der Waals surface area contributed by atoms with E-state index in [4.69, 9.17) is 9.47 Å². The van der Waals surface area contributed by atoms with Crippen LogP contribution >= 0.6 is 11.3 Å². The zero-order valence-electron chi connectivity index (χ0n) is 18.8. The van der Waals surface area contributed by atoms with E-state index in [9.17, 15) is 18.0 Å².